The molecule has 1 aromatic carbocycles. The maximum Gasteiger partial charge on any atom is 1.00 e. The Labute approximate surface area is 139 Å². The number of aliphatic carboxylic acids is 1. The van der Waals surface area contributed by atoms with Gasteiger partial charge in [0, 0.05) is 0 Å². The van der Waals surface area contributed by atoms with E-state index in [-0.39, 0.29) is 53.0 Å². The van der Waals surface area contributed by atoms with Gasteiger partial charge in [-0.25, -0.2) is 0 Å². The van der Waals surface area contributed by atoms with Gasteiger partial charge in [-0.15, -0.1) is 0 Å². The van der Waals surface area contributed by atoms with Crippen LogP contribution in [0.15, 0.2) is 24.3 Å². The van der Waals surface area contributed by atoms with Gasteiger partial charge < -0.3 is 9.90 Å². The summed E-state index contributed by atoms with van der Waals surface area (Å²) in [6.07, 6.45) is 0.188. The summed E-state index contributed by atoms with van der Waals surface area (Å²) in [6.45, 7) is 3.65. The Morgan fingerprint density at radius 1 is 1.15 bits per heavy atom. The van der Waals surface area contributed by atoms with Gasteiger partial charge in [-0.1, -0.05) is 26.0 Å². The Morgan fingerprint density at radius 3 is 1.95 bits per heavy atom. The van der Waals surface area contributed by atoms with Crippen LogP contribution in [-0.2, 0) is 4.79 Å². The van der Waals surface area contributed by atoms with E-state index in [1.54, 1.807) is 12.1 Å². The summed E-state index contributed by atoms with van der Waals surface area (Å²) >= 11 is 0. The molecule has 0 saturated carbocycles. The molecule has 20 heavy (non-hydrogen) atoms. The molecule has 2 amide bonds. The van der Waals surface area contributed by atoms with E-state index in [9.17, 15) is 19.5 Å². The van der Waals surface area contributed by atoms with Crippen molar-refractivity contribution in [3.63, 3.8) is 0 Å². The SMILES string of the molecule is CC(C)CC(C(=O)[O-])N1C(=O)c2ccccc2C1=O.[Na+]. The molecule has 0 spiro atoms. The van der Waals surface area contributed by atoms with Crippen LogP contribution in [0.3, 0.4) is 0 Å². The molecule has 1 heterocycles. The molecule has 1 aliphatic rings. The van der Waals surface area contributed by atoms with Crippen LogP contribution in [0.2, 0.25) is 0 Å². The summed E-state index contributed by atoms with van der Waals surface area (Å²) in [7, 11) is 0. The van der Waals surface area contributed by atoms with Gasteiger partial charge in [0.15, 0.2) is 0 Å². The molecule has 2 rings (SSSR count). The molecular formula is C14H14NNaO4. The fourth-order valence-corrected chi connectivity index (χ4v) is 2.24. The monoisotopic (exact) mass is 283 g/mol. The molecule has 0 saturated heterocycles. The topological polar surface area (TPSA) is 77.5 Å². The number of benzene rings is 1. The van der Waals surface area contributed by atoms with Gasteiger partial charge in [0.1, 0.15) is 0 Å². The van der Waals surface area contributed by atoms with Crippen LogP contribution < -0.4 is 34.7 Å². The molecule has 0 bridgehead atoms. The second-order valence-corrected chi connectivity index (χ2v) is 4.99. The van der Waals surface area contributed by atoms with Gasteiger partial charge in [0.25, 0.3) is 11.8 Å². The minimum Gasteiger partial charge on any atom is -0.548 e. The smallest absolute Gasteiger partial charge is 0.548 e. The molecule has 0 aliphatic carbocycles. The third-order valence-electron chi connectivity index (χ3n) is 3.10. The molecule has 1 aromatic rings. The second kappa shape index (κ2) is 6.52. The Kier molecular flexibility index (Phi) is 5.50. The van der Waals surface area contributed by atoms with Gasteiger partial charge in [-0.2, -0.15) is 0 Å². The van der Waals surface area contributed by atoms with Crippen molar-refractivity contribution >= 4 is 17.8 Å². The molecule has 0 N–H and O–H groups in total. The van der Waals surface area contributed by atoms with Crippen molar-refractivity contribution in [3.05, 3.63) is 35.4 Å². The van der Waals surface area contributed by atoms with Crippen LogP contribution >= 0.6 is 0 Å². The van der Waals surface area contributed by atoms with E-state index in [4.69, 9.17) is 0 Å². The van der Waals surface area contributed by atoms with Crippen LogP contribution in [0.5, 0.6) is 0 Å². The van der Waals surface area contributed by atoms with Crippen LogP contribution in [-0.4, -0.2) is 28.7 Å². The Bertz CT molecular complexity index is 521. The molecule has 1 aliphatic heterocycles. The summed E-state index contributed by atoms with van der Waals surface area (Å²) in [5.41, 5.74) is 0.505. The number of carbonyl (C=O) groups is 3. The Morgan fingerprint density at radius 2 is 1.60 bits per heavy atom. The number of hydrogen-bond donors (Lipinski definition) is 0. The van der Waals surface area contributed by atoms with Crippen molar-refractivity contribution in [2.75, 3.05) is 0 Å². The number of carboxylic acid groups (broad SMARTS) is 1. The quantitative estimate of drug-likeness (QED) is 0.450. The molecule has 0 aromatic heterocycles. The summed E-state index contributed by atoms with van der Waals surface area (Å²) < 4.78 is 0. The zero-order valence-corrected chi connectivity index (χ0v) is 13.8. The third-order valence-corrected chi connectivity index (χ3v) is 3.10. The zero-order valence-electron chi connectivity index (χ0n) is 11.8. The number of carbonyl (C=O) groups excluding carboxylic acids is 3. The van der Waals surface area contributed by atoms with E-state index in [0.29, 0.717) is 0 Å². The number of hydrogen-bond acceptors (Lipinski definition) is 4. The van der Waals surface area contributed by atoms with Gasteiger partial charge in [-0.3, -0.25) is 14.5 Å². The van der Waals surface area contributed by atoms with Crippen molar-refractivity contribution in [1.82, 2.24) is 4.90 Å². The predicted molar refractivity (Wildman–Crippen MR) is 65.2 cm³/mol. The number of carboxylic acids is 1. The standard InChI is InChI=1S/C14H15NO4.Na/c1-8(2)7-11(14(18)19)15-12(16)9-5-3-4-6-10(9)13(15)17;/h3-6,8,11H,7H2,1-2H3,(H,18,19);/q;+1/p-1. The molecule has 1 atom stereocenters. The third kappa shape index (κ3) is 2.95. The Balaban J connectivity index is 0.00000200. The average Bonchev–Trinajstić information content (AvgIpc) is 2.60. The van der Waals surface area contributed by atoms with Crippen molar-refractivity contribution < 1.29 is 49.0 Å². The zero-order chi connectivity index (χ0) is 14.2. The largest absolute Gasteiger partial charge is 1.00 e. The van der Waals surface area contributed by atoms with Crippen LogP contribution in [0.25, 0.3) is 0 Å². The normalized spacial score (nSPS) is 15.1. The van der Waals surface area contributed by atoms with Crippen molar-refractivity contribution in [3.8, 4) is 0 Å². The van der Waals surface area contributed by atoms with E-state index in [1.165, 1.54) is 12.1 Å². The molecule has 0 radical (unpaired) electrons. The molecule has 6 heteroatoms. The van der Waals surface area contributed by atoms with Gasteiger partial charge in [0.2, 0.25) is 0 Å². The first-order chi connectivity index (χ1) is 8.93. The first-order valence-corrected chi connectivity index (χ1v) is 6.11. The first kappa shape index (κ1) is 16.9. The van der Waals surface area contributed by atoms with Gasteiger partial charge in [-0.05, 0) is 24.5 Å². The number of rotatable bonds is 4. The van der Waals surface area contributed by atoms with E-state index in [1.807, 2.05) is 13.8 Å². The first-order valence-electron chi connectivity index (χ1n) is 6.11. The van der Waals surface area contributed by atoms with Crippen molar-refractivity contribution in [2.45, 2.75) is 26.3 Å². The number of nitrogens with zero attached hydrogens (tertiary/aromatic N) is 1. The summed E-state index contributed by atoms with van der Waals surface area (Å²) in [5.74, 6) is -2.48. The second-order valence-electron chi connectivity index (χ2n) is 4.99. The van der Waals surface area contributed by atoms with Crippen molar-refractivity contribution in [1.29, 1.82) is 0 Å². The molecule has 5 nitrogen and oxygen atoms in total. The molecule has 100 valence electrons. The molecule has 1 unspecified atom stereocenters. The van der Waals surface area contributed by atoms with Crippen LogP contribution in [0.4, 0.5) is 0 Å². The predicted octanol–water partition coefficient (Wildman–Crippen LogP) is -2.55. The van der Waals surface area contributed by atoms with Gasteiger partial charge in [0.05, 0.1) is 23.1 Å². The number of amides is 2. The minimum absolute atomic E-state index is 0. The van der Waals surface area contributed by atoms with E-state index >= 15 is 0 Å². The van der Waals surface area contributed by atoms with E-state index in [0.717, 1.165) is 4.90 Å². The summed E-state index contributed by atoms with van der Waals surface area (Å²) in [6, 6.07) is 5.12. The molecule has 0 fully saturated rings. The Hall–Kier alpha value is -1.17. The number of imide groups is 1. The van der Waals surface area contributed by atoms with E-state index in [2.05, 4.69) is 0 Å². The minimum atomic E-state index is -1.40. The molecular weight excluding hydrogens is 269 g/mol. The summed E-state index contributed by atoms with van der Waals surface area (Å²) in [5, 5.41) is 11.2. The van der Waals surface area contributed by atoms with Crippen molar-refractivity contribution in [2.24, 2.45) is 5.92 Å². The maximum atomic E-state index is 12.1. The number of fused-ring (bicyclic) bond motifs is 1. The summed E-state index contributed by atoms with van der Waals surface area (Å²) in [4.78, 5) is 36.3. The maximum absolute atomic E-state index is 12.1. The van der Waals surface area contributed by atoms with E-state index < -0.39 is 23.8 Å². The fourth-order valence-electron chi connectivity index (χ4n) is 2.24. The average molecular weight is 283 g/mol. The van der Waals surface area contributed by atoms with Crippen LogP contribution in [0, 0.1) is 5.92 Å². The fraction of sp³-hybridized carbons (Fsp3) is 0.357. The van der Waals surface area contributed by atoms with Gasteiger partial charge >= 0.3 is 29.6 Å². The van der Waals surface area contributed by atoms with Crippen LogP contribution in [0.1, 0.15) is 41.0 Å².